The zero-order chi connectivity index (χ0) is 13.6. The summed E-state index contributed by atoms with van der Waals surface area (Å²) in [5.41, 5.74) is 5.70. The monoisotopic (exact) mass is 265 g/mol. The quantitative estimate of drug-likeness (QED) is 0.844. The number of nitrogens with zero attached hydrogens (tertiary/aromatic N) is 2. The van der Waals surface area contributed by atoms with Crippen LogP contribution in [0.25, 0.3) is 0 Å². The molecule has 3 rings (SSSR count). The molecule has 0 spiro atoms. The number of anilines is 1. The molecule has 0 bridgehead atoms. The largest absolute Gasteiger partial charge is 0.261 e. The van der Waals surface area contributed by atoms with Gasteiger partial charge in [-0.1, -0.05) is 42.8 Å². The van der Waals surface area contributed by atoms with E-state index in [1.165, 1.54) is 30.5 Å². The van der Waals surface area contributed by atoms with E-state index in [1.807, 2.05) is 18.2 Å². The Bertz CT molecular complexity index is 563. The maximum Gasteiger partial charge on any atom is 0.146 e. The molecule has 20 heavy (non-hydrogen) atoms. The Balaban J connectivity index is 1.79. The van der Waals surface area contributed by atoms with Crippen molar-refractivity contribution in [3.63, 3.8) is 0 Å². The second kappa shape index (κ2) is 6.33. The second-order valence-electron chi connectivity index (χ2n) is 5.14. The molecule has 3 heteroatoms. The third-order valence-corrected chi connectivity index (χ3v) is 3.76. The lowest BCUT2D eigenvalue weighted by molar-refractivity contribution is 0.612. The van der Waals surface area contributed by atoms with Gasteiger partial charge in [-0.25, -0.2) is 4.98 Å². The van der Waals surface area contributed by atoms with Crippen LogP contribution < -0.4 is 5.43 Å². The van der Waals surface area contributed by atoms with E-state index in [1.54, 1.807) is 6.20 Å². The molecule has 1 aromatic carbocycles. The Morgan fingerprint density at radius 1 is 1.00 bits per heavy atom. The van der Waals surface area contributed by atoms with Crippen LogP contribution in [0.2, 0.25) is 0 Å². The predicted octanol–water partition coefficient (Wildman–Crippen LogP) is 4.21. The minimum absolute atomic E-state index is 0.446. The molecule has 1 heterocycles. The lowest BCUT2D eigenvalue weighted by Crippen LogP contribution is -2.19. The van der Waals surface area contributed by atoms with Crippen LogP contribution in [0.1, 0.15) is 37.2 Å². The lowest BCUT2D eigenvalue weighted by atomic mass is 9.82. The van der Waals surface area contributed by atoms with E-state index >= 15 is 0 Å². The molecule has 2 aromatic rings. The highest BCUT2D eigenvalue weighted by molar-refractivity contribution is 5.92. The zero-order valence-corrected chi connectivity index (χ0v) is 11.5. The molecule has 0 aliphatic heterocycles. The average Bonchev–Trinajstić information content (AvgIpc) is 2.55. The Labute approximate surface area is 119 Å². The minimum Gasteiger partial charge on any atom is -0.261 e. The number of hydrazone groups is 1. The molecule has 102 valence electrons. The van der Waals surface area contributed by atoms with Crippen molar-refractivity contribution in [2.45, 2.75) is 31.6 Å². The molecule has 0 radical (unpaired) electrons. The summed E-state index contributed by atoms with van der Waals surface area (Å²) in [6, 6.07) is 16.5. The fourth-order valence-corrected chi connectivity index (χ4v) is 2.73. The number of hydrogen-bond donors (Lipinski definition) is 1. The van der Waals surface area contributed by atoms with E-state index in [0.29, 0.717) is 5.92 Å². The fraction of sp³-hybridized carbons (Fsp3) is 0.294. The summed E-state index contributed by atoms with van der Waals surface area (Å²) in [5.74, 6) is 1.25. The van der Waals surface area contributed by atoms with Gasteiger partial charge in [0.2, 0.25) is 0 Å². The number of rotatable bonds is 3. The summed E-state index contributed by atoms with van der Waals surface area (Å²) in [4.78, 5) is 4.24. The van der Waals surface area contributed by atoms with Gasteiger partial charge in [0.1, 0.15) is 5.82 Å². The van der Waals surface area contributed by atoms with Crippen LogP contribution in [0.3, 0.4) is 0 Å². The average molecular weight is 265 g/mol. The smallest absolute Gasteiger partial charge is 0.146 e. The van der Waals surface area contributed by atoms with E-state index in [9.17, 15) is 0 Å². The van der Waals surface area contributed by atoms with Gasteiger partial charge < -0.3 is 0 Å². The predicted molar refractivity (Wildman–Crippen MR) is 82.9 cm³/mol. The molecule has 0 amide bonds. The van der Waals surface area contributed by atoms with Crippen LogP contribution >= 0.6 is 0 Å². The Hall–Kier alpha value is -2.16. The van der Waals surface area contributed by atoms with Crippen molar-refractivity contribution in [3.05, 3.63) is 60.3 Å². The molecule has 0 saturated heterocycles. The van der Waals surface area contributed by atoms with Gasteiger partial charge in [-0.05, 0) is 37.0 Å². The summed E-state index contributed by atoms with van der Waals surface area (Å²) in [5, 5.41) is 4.62. The summed E-state index contributed by atoms with van der Waals surface area (Å²) < 4.78 is 0. The maximum atomic E-state index is 4.62. The van der Waals surface area contributed by atoms with E-state index in [2.05, 4.69) is 45.8 Å². The highest BCUT2D eigenvalue weighted by Gasteiger charge is 2.22. The van der Waals surface area contributed by atoms with Crippen LogP contribution in [0, 0.1) is 0 Å². The van der Waals surface area contributed by atoms with Crippen molar-refractivity contribution in [1.29, 1.82) is 0 Å². The third-order valence-electron chi connectivity index (χ3n) is 3.76. The second-order valence-corrected chi connectivity index (χ2v) is 5.14. The van der Waals surface area contributed by atoms with Crippen molar-refractivity contribution in [2.24, 2.45) is 5.10 Å². The molecule has 3 nitrogen and oxygen atoms in total. The van der Waals surface area contributed by atoms with Crippen LogP contribution in [-0.4, -0.2) is 10.7 Å². The van der Waals surface area contributed by atoms with Gasteiger partial charge in [-0.3, -0.25) is 5.43 Å². The highest BCUT2D eigenvalue weighted by Crippen LogP contribution is 2.30. The molecule has 1 aromatic heterocycles. The first-order valence-corrected chi connectivity index (χ1v) is 7.22. The first-order valence-electron chi connectivity index (χ1n) is 7.22. The molecular weight excluding hydrogens is 246 g/mol. The molecule has 1 saturated carbocycles. The van der Waals surface area contributed by atoms with E-state index in [-0.39, 0.29) is 0 Å². The fourth-order valence-electron chi connectivity index (χ4n) is 2.73. The van der Waals surface area contributed by atoms with Crippen molar-refractivity contribution >= 4 is 11.5 Å². The van der Waals surface area contributed by atoms with Crippen molar-refractivity contribution in [3.8, 4) is 0 Å². The first kappa shape index (κ1) is 12.9. The number of hydrogen-bond acceptors (Lipinski definition) is 3. The normalized spacial score (nSPS) is 20.8. The lowest BCUT2D eigenvalue weighted by Gasteiger charge is -2.24. The van der Waals surface area contributed by atoms with Gasteiger partial charge >= 0.3 is 0 Å². The standard InChI is InChI=1S/C17H19N3/c1-2-8-14(9-3-1)15-10-4-5-11-16(15)19-20-17-12-6-7-13-18-17/h1-3,6-9,12-13,15H,4-5,10-11H2,(H,18,20)/b19-16-/t15-/m1/s1. The molecule has 1 aliphatic carbocycles. The van der Waals surface area contributed by atoms with Gasteiger partial charge in [0.05, 0.1) is 0 Å². The van der Waals surface area contributed by atoms with Gasteiger partial charge in [0.15, 0.2) is 0 Å². The molecule has 1 aliphatic rings. The molecule has 0 unspecified atom stereocenters. The molecular formula is C17H19N3. The summed E-state index contributed by atoms with van der Waals surface area (Å²) in [7, 11) is 0. The van der Waals surface area contributed by atoms with Crippen LogP contribution in [-0.2, 0) is 0 Å². The third kappa shape index (κ3) is 3.05. The van der Waals surface area contributed by atoms with Gasteiger partial charge in [-0.15, -0.1) is 0 Å². The van der Waals surface area contributed by atoms with Crippen LogP contribution in [0.15, 0.2) is 59.8 Å². The Kier molecular flexibility index (Phi) is 4.07. The van der Waals surface area contributed by atoms with E-state index in [0.717, 1.165) is 12.2 Å². The summed E-state index contributed by atoms with van der Waals surface area (Å²) in [6.45, 7) is 0. The molecule has 1 N–H and O–H groups in total. The minimum atomic E-state index is 0.446. The number of benzene rings is 1. The number of nitrogens with one attached hydrogen (secondary N) is 1. The highest BCUT2D eigenvalue weighted by atomic mass is 15.3. The van der Waals surface area contributed by atoms with Gasteiger partial charge in [0.25, 0.3) is 0 Å². The molecule has 1 fully saturated rings. The summed E-state index contributed by atoms with van der Waals surface area (Å²) in [6.07, 6.45) is 6.54. The molecule has 1 atom stereocenters. The number of aromatic nitrogens is 1. The SMILES string of the molecule is c1ccc([C@H]2CCCC/C2=N/Nc2ccccn2)cc1. The van der Waals surface area contributed by atoms with Crippen molar-refractivity contribution in [2.75, 3.05) is 5.43 Å². The first-order chi connectivity index (χ1) is 9.93. The van der Waals surface area contributed by atoms with E-state index < -0.39 is 0 Å². The van der Waals surface area contributed by atoms with Crippen molar-refractivity contribution < 1.29 is 0 Å². The van der Waals surface area contributed by atoms with Gasteiger partial charge in [-0.2, -0.15) is 5.10 Å². The van der Waals surface area contributed by atoms with Crippen LogP contribution in [0.4, 0.5) is 5.82 Å². The Morgan fingerprint density at radius 3 is 2.65 bits per heavy atom. The van der Waals surface area contributed by atoms with Gasteiger partial charge in [0, 0.05) is 17.8 Å². The Morgan fingerprint density at radius 2 is 1.85 bits per heavy atom. The van der Waals surface area contributed by atoms with E-state index in [4.69, 9.17) is 0 Å². The summed E-state index contributed by atoms with van der Waals surface area (Å²) >= 11 is 0. The topological polar surface area (TPSA) is 37.3 Å². The maximum absolute atomic E-state index is 4.62. The van der Waals surface area contributed by atoms with Crippen molar-refractivity contribution in [1.82, 2.24) is 4.98 Å². The van der Waals surface area contributed by atoms with Crippen LogP contribution in [0.5, 0.6) is 0 Å². The number of pyridine rings is 1. The zero-order valence-electron chi connectivity index (χ0n) is 11.5.